The van der Waals surface area contributed by atoms with Gasteiger partial charge in [-0.3, -0.25) is 10.1 Å². The monoisotopic (exact) mass is 467 g/mol. The number of nitro benzene ring substituents is 1. The zero-order chi connectivity index (χ0) is 23.0. The maximum absolute atomic E-state index is 11.1. The first kappa shape index (κ1) is 22.3. The summed E-state index contributed by atoms with van der Waals surface area (Å²) in [6, 6.07) is 10.3. The van der Waals surface area contributed by atoms with Crippen molar-refractivity contribution in [1.29, 1.82) is 5.26 Å². The molecule has 6 nitrogen and oxygen atoms in total. The number of thiophene rings is 1. The van der Waals surface area contributed by atoms with E-state index in [0.29, 0.717) is 33.6 Å². The average molecular weight is 468 g/mol. The van der Waals surface area contributed by atoms with Gasteiger partial charge >= 0.3 is 0 Å². The first-order valence-corrected chi connectivity index (χ1v) is 11.5. The van der Waals surface area contributed by atoms with E-state index in [-0.39, 0.29) is 16.1 Å². The molecule has 0 unspecified atom stereocenters. The fraction of sp³-hybridized carbons (Fsp3) is 0.333. The number of nitrogens with zero attached hydrogens (tertiary/aromatic N) is 3. The number of aliphatic imine (C=N–C) groups is 1. The van der Waals surface area contributed by atoms with Crippen molar-refractivity contribution in [3.63, 3.8) is 0 Å². The Morgan fingerprint density at radius 1 is 1.34 bits per heavy atom. The van der Waals surface area contributed by atoms with Crippen LogP contribution >= 0.6 is 22.9 Å². The molecule has 164 valence electrons. The van der Waals surface area contributed by atoms with E-state index in [4.69, 9.17) is 16.0 Å². The Morgan fingerprint density at radius 3 is 2.81 bits per heavy atom. The molecule has 0 aliphatic heterocycles. The summed E-state index contributed by atoms with van der Waals surface area (Å²) in [7, 11) is 0. The van der Waals surface area contributed by atoms with Crippen LogP contribution in [0.3, 0.4) is 0 Å². The minimum Gasteiger partial charge on any atom is -0.455 e. The molecular weight excluding hydrogens is 446 g/mol. The maximum Gasteiger partial charge on any atom is 0.288 e. The lowest BCUT2D eigenvalue weighted by atomic mass is 9.72. The summed E-state index contributed by atoms with van der Waals surface area (Å²) >= 11 is 7.47. The molecule has 2 heterocycles. The lowest BCUT2D eigenvalue weighted by Gasteiger charge is -2.33. The molecule has 0 saturated heterocycles. The molecular formula is C24H22ClN3O3S. The highest BCUT2D eigenvalue weighted by Crippen LogP contribution is 2.45. The zero-order valence-corrected chi connectivity index (χ0v) is 19.6. The van der Waals surface area contributed by atoms with Crippen LogP contribution in [0.1, 0.15) is 49.0 Å². The highest BCUT2D eigenvalue weighted by Gasteiger charge is 2.32. The molecule has 0 spiro atoms. The number of halogens is 1. The van der Waals surface area contributed by atoms with Crippen LogP contribution in [0.5, 0.6) is 0 Å². The van der Waals surface area contributed by atoms with E-state index in [0.717, 1.165) is 24.8 Å². The van der Waals surface area contributed by atoms with Crippen molar-refractivity contribution >= 4 is 39.8 Å². The molecule has 0 radical (unpaired) electrons. The van der Waals surface area contributed by atoms with Crippen molar-refractivity contribution in [3.8, 4) is 17.4 Å². The summed E-state index contributed by atoms with van der Waals surface area (Å²) in [4.78, 5) is 16.4. The smallest absolute Gasteiger partial charge is 0.288 e. The third-order valence-corrected chi connectivity index (χ3v) is 7.43. The van der Waals surface area contributed by atoms with Gasteiger partial charge in [0.15, 0.2) is 0 Å². The van der Waals surface area contributed by atoms with Crippen LogP contribution in [-0.2, 0) is 12.8 Å². The standard InChI is InChI=1S/C24H22ClN3O3S/c1-24(2,3)15-5-7-17-18(12-26)23(32-22(17)11-15)27-13-16-6-9-21(31-16)14-4-8-19(25)20(10-14)28(29)30/h4,6,8-10,13,15H,5,7,11H2,1-3H3/t15-/m1/s1. The lowest BCUT2D eigenvalue weighted by molar-refractivity contribution is -0.384. The molecule has 0 bridgehead atoms. The van der Waals surface area contributed by atoms with Gasteiger partial charge in [-0.2, -0.15) is 5.26 Å². The van der Waals surface area contributed by atoms with Gasteiger partial charge in [-0.25, -0.2) is 4.99 Å². The molecule has 1 aliphatic carbocycles. The van der Waals surface area contributed by atoms with Crippen LogP contribution in [-0.4, -0.2) is 11.1 Å². The molecule has 1 atom stereocenters. The quantitative estimate of drug-likeness (QED) is 0.228. The summed E-state index contributed by atoms with van der Waals surface area (Å²) in [5, 5.41) is 21.6. The molecule has 32 heavy (non-hydrogen) atoms. The van der Waals surface area contributed by atoms with E-state index in [1.165, 1.54) is 17.0 Å². The van der Waals surface area contributed by atoms with E-state index >= 15 is 0 Å². The van der Waals surface area contributed by atoms with Crippen molar-refractivity contribution < 1.29 is 9.34 Å². The molecule has 0 amide bonds. The predicted octanol–water partition coefficient (Wildman–Crippen LogP) is 7.34. The minimum atomic E-state index is -0.524. The van der Waals surface area contributed by atoms with E-state index in [9.17, 15) is 15.4 Å². The van der Waals surface area contributed by atoms with Crippen molar-refractivity contribution in [3.05, 3.63) is 67.2 Å². The molecule has 1 aromatic carbocycles. The van der Waals surface area contributed by atoms with Gasteiger partial charge in [0.1, 0.15) is 27.6 Å². The molecule has 2 aromatic heterocycles. The number of nitriles is 1. The van der Waals surface area contributed by atoms with Crippen LogP contribution < -0.4 is 0 Å². The van der Waals surface area contributed by atoms with Gasteiger partial charge < -0.3 is 4.42 Å². The Bertz CT molecular complexity index is 1260. The number of fused-ring (bicyclic) bond motifs is 1. The first-order chi connectivity index (χ1) is 15.2. The summed E-state index contributed by atoms with van der Waals surface area (Å²) in [5.74, 6) is 1.57. The second-order valence-corrected chi connectivity index (χ2v) is 10.5. The second-order valence-electron chi connectivity index (χ2n) is 8.99. The summed E-state index contributed by atoms with van der Waals surface area (Å²) in [5.41, 5.74) is 2.41. The van der Waals surface area contributed by atoms with Crippen molar-refractivity contribution in [2.24, 2.45) is 16.3 Å². The highest BCUT2D eigenvalue weighted by atomic mass is 35.5. The number of hydrogen-bond acceptors (Lipinski definition) is 6. The molecule has 0 fully saturated rings. The third kappa shape index (κ3) is 4.34. The fourth-order valence-corrected chi connectivity index (χ4v) is 5.43. The summed E-state index contributed by atoms with van der Waals surface area (Å²) < 4.78 is 5.81. The average Bonchev–Trinajstić information content (AvgIpc) is 3.35. The van der Waals surface area contributed by atoms with Crippen LogP contribution in [0, 0.1) is 32.8 Å². The maximum atomic E-state index is 11.1. The Labute approximate surface area is 195 Å². The Balaban J connectivity index is 1.59. The SMILES string of the molecule is CC(C)(C)[C@@H]1CCc2c(sc(N=Cc3ccc(-c4ccc(Cl)c([N+](=O)[O-])c4)o3)c2C#N)C1. The predicted molar refractivity (Wildman–Crippen MR) is 127 cm³/mol. The van der Waals surface area contributed by atoms with Crippen LogP contribution in [0.15, 0.2) is 39.7 Å². The Hall–Kier alpha value is -2.95. The van der Waals surface area contributed by atoms with Crippen molar-refractivity contribution in [1.82, 2.24) is 0 Å². The second kappa shape index (κ2) is 8.53. The summed E-state index contributed by atoms with van der Waals surface area (Å²) in [6.45, 7) is 6.80. The minimum absolute atomic E-state index is 0.0755. The van der Waals surface area contributed by atoms with Crippen LogP contribution in [0.2, 0.25) is 5.02 Å². The molecule has 8 heteroatoms. The third-order valence-electron chi connectivity index (χ3n) is 5.95. The highest BCUT2D eigenvalue weighted by molar-refractivity contribution is 7.16. The largest absolute Gasteiger partial charge is 0.455 e. The van der Waals surface area contributed by atoms with Gasteiger partial charge in [-0.1, -0.05) is 32.4 Å². The first-order valence-electron chi connectivity index (χ1n) is 10.3. The van der Waals surface area contributed by atoms with E-state index in [1.807, 2.05) is 0 Å². The number of rotatable bonds is 4. The van der Waals surface area contributed by atoms with E-state index in [2.05, 4.69) is 31.8 Å². The van der Waals surface area contributed by atoms with Gasteiger partial charge in [-0.15, -0.1) is 11.3 Å². The number of nitro groups is 1. The van der Waals surface area contributed by atoms with Gasteiger partial charge in [0.2, 0.25) is 0 Å². The van der Waals surface area contributed by atoms with Crippen molar-refractivity contribution in [2.45, 2.75) is 40.0 Å². The number of benzene rings is 1. The number of furan rings is 1. The van der Waals surface area contributed by atoms with E-state index in [1.54, 1.807) is 35.8 Å². The topological polar surface area (TPSA) is 92.4 Å². The van der Waals surface area contributed by atoms with Gasteiger partial charge in [0.05, 0.1) is 16.7 Å². The van der Waals surface area contributed by atoms with Crippen LogP contribution in [0.25, 0.3) is 11.3 Å². The molecule has 0 N–H and O–H groups in total. The molecule has 0 saturated carbocycles. The van der Waals surface area contributed by atoms with Crippen molar-refractivity contribution in [2.75, 3.05) is 0 Å². The zero-order valence-electron chi connectivity index (χ0n) is 18.0. The normalized spacial score (nSPS) is 16.2. The van der Waals surface area contributed by atoms with Gasteiger partial charge in [-0.05, 0) is 60.4 Å². The summed E-state index contributed by atoms with van der Waals surface area (Å²) in [6.07, 6.45) is 4.56. The van der Waals surface area contributed by atoms with Crippen LogP contribution in [0.4, 0.5) is 10.7 Å². The van der Waals surface area contributed by atoms with Gasteiger partial charge in [0, 0.05) is 16.5 Å². The Morgan fingerprint density at radius 2 is 2.12 bits per heavy atom. The Kier molecular flexibility index (Phi) is 5.93. The molecule has 3 aromatic rings. The van der Waals surface area contributed by atoms with Gasteiger partial charge in [0.25, 0.3) is 5.69 Å². The number of hydrogen-bond donors (Lipinski definition) is 0. The lowest BCUT2D eigenvalue weighted by Crippen LogP contribution is -2.26. The molecule has 1 aliphatic rings. The van der Waals surface area contributed by atoms with E-state index < -0.39 is 4.92 Å². The molecule has 4 rings (SSSR count). The fourth-order valence-electron chi connectivity index (χ4n) is 4.02.